The van der Waals surface area contributed by atoms with Crippen molar-refractivity contribution in [3.63, 3.8) is 0 Å². The summed E-state index contributed by atoms with van der Waals surface area (Å²) in [6.07, 6.45) is 0. The lowest BCUT2D eigenvalue weighted by Crippen LogP contribution is -2.23. The molecule has 3 rings (SSSR count). The van der Waals surface area contributed by atoms with Crippen molar-refractivity contribution in [2.75, 3.05) is 6.61 Å². The molecule has 5 heteroatoms. The molecule has 1 amide bonds. The predicted molar refractivity (Wildman–Crippen MR) is 101 cm³/mol. The first-order valence-corrected chi connectivity index (χ1v) is 9.02. The van der Waals surface area contributed by atoms with Gasteiger partial charge in [0, 0.05) is 10.4 Å². The molecule has 0 spiro atoms. The highest BCUT2D eigenvalue weighted by Gasteiger charge is 2.14. The summed E-state index contributed by atoms with van der Waals surface area (Å²) in [4.78, 5) is 18.2. The molecule has 0 aliphatic rings. The lowest BCUT2D eigenvalue weighted by molar-refractivity contribution is 0.0947. The van der Waals surface area contributed by atoms with Gasteiger partial charge in [0.2, 0.25) is 0 Å². The van der Waals surface area contributed by atoms with Gasteiger partial charge in [-0.25, -0.2) is 4.98 Å². The van der Waals surface area contributed by atoms with Crippen LogP contribution in [0, 0.1) is 6.92 Å². The van der Waals surface area contributed by atoms with E-state index in [1.54, 1.807) is 17.4 Å². The minimum absolute atomic E-state index is 0.141. The summed E-state index contributed by atoms with van der Waals surface area (Å²) in [5.74, 6) is 0.464. The van der Waals surface area contributed by atoms with Crippen LogP contribution >= 0.6 is 11.3 Å². The second-order valence-corrected chi connectivity index (χ2v) is 6.59. The van der Waals surface area contributed by atoms with E-state index in [4.69, 9.17) is 4.74 Å². The first-order valence-electron chi connectivity index (χ1n) is 8.20. The summed E-state index contributed by atoms with van der Waals surface area (Å²) in [6.45, 7) is 4.85. The summed E-state index contributed by atoms with van der Waals surface area (Å²) in [5.41, 5.74) is 2.59. The molecule has 0 unspecified atom stereocenters. The average molecular weight is 352 g/mol. The Labute approximate surface area is 151 Å². The molecule has 2 aromatic carbocycles. The second kappa shape index (κ2) is 7.94. The highest BCUT2D eigenvalue weighted by molar-refractivity contribution is 7.15. The Bertz CT molecular complexity index is 859. The van der Waals surface area contributed by atoms with E-state index in [1.165, 1.54) is 0 Å². The average Bonchev–Trinajstić information content (AvgIpc) is 3.02. The molecule has 1 heterocycles. The topological polar surface area (TPSA) is 51.2 Å². The third kappa shape index (κ3) is 4.06. The summed E-state index contributed by atoms with van der Waals surface area (Å²) in [7, 11) is 0. The third-order valence-electron chi connectivity index (χ3n) is 3.75. The minimum Gasteiger partial charge on any atom is -0.493 e. The van der Waals surface area contributed by atoms with E-state index in [0.29, 0.717) is 24.5 Å². The number of amides is 1. The van der Waals surface area contributed by atoms with E-state index >= 15 is 0 Å². The Balaban J connectivity index is 1.72. The maximum atomic E-state index is 12.5. The maximum Gasteiger partial charge on any atom is 0.255 e. The van der Waals surface area contributed by atoms with Crippen molar-refractivity contribution < 1.29 is 9.53 Å². The van der Waals surface area contributed by atoms with E-state index in [-0.39, 0.29) is 5.91 Å². The molecule has 0 radical (unpaired) electrons. The Morgan fingerprint density at radius 1 is 1.12 bits per heavy atom. The molecular formula is C20H20N2O2S. The molecule has 0 atom stereocenters. The molecule has 4 nitrogen and oxygen atoms in total. The highest BCUT2D eigenvalue weighted by Crippen LogP contribution is 2.27. The van der Waals surface area contributed by atoms with Crippen LogP contribution in [0.2, 0.25) is 0 Å². The number of nitrogens with zero attached hydrogens (tertiary/aromatic N) is 1. The zero-order chi connectivity index (χ0) is 17.6. The molecule has 0 saturated heterocycles. The fourth-order valence-electron chi connectivity index (χ4n) is 2.49. The number of hydrogen-bond donors (Lipinski definition) is 1. The molecule has 128 valence electrons. The summed E-state index contributed by atoms with van der Waals surface area (Å²) in [5, 5.41) is 3.94. The van der Waals surface area contributed by atoms with Gasteiger partial charge in [-0.1, -0.05) is 42.5 Å². The monoisotopic (exact) mass is 352 g/mol. The Kier molecular flexibility index (Phi) is 5.46. The number of rotatable bonds is 6. The number of para-hydroxylation sites is 1. The molecule has 0 saturated carbocycles. The smallest absolute Gasteiger partial charge is 0.255 e. The molecular weight excluding hydrogens is 332 g/mol. The molecule has 0 fully saturated rings. The molecule has 3 aromatic rings. The van der Waals surface area contributed by atoms with Gasteiger partial charge in [-0.3, -0.25) is 4.79 Å². The number of aryl methyl sites for hydroxylation is 1. The van der Waals surface area contributed by atoms with Gasteiger partial charge in [0.15, 0.2) is 0 Å². The first kappa shape index (κ1) is 17.2. The normalized spacial score (nSPS) is 10.5. The van der Waals surface area contributed by atoms with Crippen LogP contribution in [0.25, 0.3) is 10.6 Å². The van der Waals surface area contributed by atoms with Crippen molar-refractivity contribution in [3.8, 4) is 16.3 Å². The molecule has 1 N–H and O–H groups in total. The zero-order valence-electron chi connectivity index (χ0n) is 14.3. The number of nitrogens with one attached hydrogen (secondary N) is 1. The minimum atomic E-state index is -0.141. The number of benzene rings is 2. The van der Waals surface area contributed by atoms with Crippen molar-refractivity contribution in [1.29, 1.82) is 0 Å². The van der Waals surface area contributed by atoms with E-state index in [1.807, 2.05) is 62.4 Å². The third-order valence-corrected chi connectivity index (χ3v) is 4.96. The van der Waals surface area contributed by atoms with E-state index in [2.05, 4.69) is 10.3 Å². The molecule has 1 aromatic heterocycles. The van der Waals surface area contributed by atoms with Crippen LogP contribution in [0.15, 0.2) is 54.6 Å². The van der Waals surface area contributed by atoms with Gasteiger partial charge in [0.25, 0.3) is 5.91 Å². The van der Waals surface area contributed by atoms with E-state index in [9.17, 15) is 4.79 Å². The Morgan fingerprint density at radius 3 is 2.60 bits per heavy atom. The summed E-state index contributed by atoms with van der Waals surface area (Å²) >= 11 is 1.61. The lowest BCUT2D eigenvalue weighted by atomic mass is 10.2. The maximum absolute atomic E-state index is 12.5. The number of ether oxygens (including phenoxy) is 1. The van der Waals surface area contributed by atoms with Crippen LogP contribution < -0.4 is 10.1 Å². The van der Waals surface area contributed by atoms with Gasteiger partial charge in [-0.2, -0.15) is 0 Å². The van der Waals surface area contributed by atoms with Crippen LogP contribution in [0.5, 0.6) is 5.75 Å². The largest absolute Gasteiger partial charge is 0.493 e. The van der Waals surface area contributed by atoms with E-state index in [0.717, 1.165) is 21.1 Å². The Hall–Kier alpha value is -2.66. The standard InChI is InChI=1S/C20H20N2O2S/c1-3-24-17-12-8-7-11-16(17)19(23)21-13-18-14(2)22-20(25-18)15-9-5-4-6-10-15/h4-12H,3,13H2,1-2H3,(H,21,23). The van der Waals surface area contributed by atoms with Gasteiger partial charge >= 0.3 is 0 Å². The van der Waals surface area contributed by atoms with Gasteiger partial charge in [-0.05, 0) is 26.0 Å². The van der Waals surface area contributed by atoms with Crippen LogP contribution in [0.3, 0.4) is 0 Å². The number of thiazole rings is 1. The SMILES string of the molecule is CCOc1ccccc1C(=O)NCc1sc(-c2ccccc2)nc1C. The molecule has 25 heavy (non-hydrogen) atoms. The fraction of sp³-hybridized carbons (Fsp3) is 0.200. The zero-order valence-corrected chi connectivity index (χ0v) is 15.1. The molecule has 0 aliphatic heterocycles. The fourth-order valence-corrected chi connectivity index (χ4v) is 3.50. The molecule has 0 bridgehead atoms. The Morgan fingerprint density at radius 2 is 1.84 bits per heavy atom. The first-order chi connectivity index (χ1) is 12.2. The number of aromatic nitrogens is 1. The molecule has 0 aliphatic carbocycles. The number of hydrogen-bond acceptors (Lipinski definition) is 4. The van der Waals surface area contributed by atoms with Crippen molar-refractivity contribution in [3.05, 3.63) is 70.7 Å². The van der Waals surface area contributed by atoms with Crippen LogP contribution in [0.4, 0.5) is 0 Å². The quantitative estimate of drug-likeness (QED) is 0.713. The second-order valence-electron chi connectivity index (χ2n) is 5.51. The lowest BCUT2D eigenvalue weighted by Gasteiger charge is -2.10. The van der Waals surface area contributed by atoms with Crippen molar-refractivity contribution in [1.82, 2.24) is 10.3 Å². The summed E-state index contributed by atoms with van der Waals surface area (Å²) in [6, 6.07) is 17.3. The number of carbonyl (C=O) groups is 1. The van der Waals surface area contributed by atoms with Crippen molar-refractivity contribution >= 4 is 17.2 Å². The number of carbonyl (C=O) groups excluding carboxylic acids is 1. The van der Waals surface area contributed by atoms with Gasteiger partial charge in [0.05, 0.1) is 24.4 Å². The predicted octanol–water partition coefficient (Wildman–Crippen LogP) is 4.45. The highest BCUT2D eigenvalue weighted by atomic mass is 32.1. The van der Waals surface area contributed by atoms with Gasteiger partial charge in [-0.15, -0.1) is 11.3 Å². The van der Waals surface area contributed by atoms with Crippen LogP contribution in [-0.2, 0) is 6.54 Å². The van der Waals surface area contributed by atoms with Crippen LogP contribution in [-0.4, -0.2) is 17.5 Å². The van der Waals surface area contributed by atoms with Crippen molar-refractivity contribution in [2.45, 2.75) is 20.4 Å². The summed E-state index contributed by atoms with van der Waals surface area (Å²) < 4.78 is 5.53. The van der Waals surface area contributed by atoms with Crippen molar-refractivity contribution in [2.24, 2.45) is 0 Å². The van der Waals surface area contributed by atoms with E-state index < -0.39 is 0 Å². The van der Waals surface area contributed by atoms with Crippen LogP contribution in [0.1, 0.15) is 27.9 Å². The van der Waals surface area contributed by atoms with Gasteiger partial charge < -0.3 is 10.1 Å². The van der Waals surface area contributed by atoms with Gasteiger partial charge in [0.1, 0.15) is 10.8 Å².